The second-order valence-electron chi connectivity index (χ2n) is 4.39. The molecule has 0 N–H and O–H groups in total. The average molecular weight is 306 g/mol. The summed E-state index contributed by atoms with van der Waals surface area (Å²) in [4.78, 5) is 26.0. The third-order valence-electron chi connectivity index (χ3n) is 2.86. The van der Waals surface area contributed by atoms with Gasteiger partial charge in [0.1, 0.15) is 17.6 Å². The van der Waals surface area contributed by atoms with Crippen LogP contribution >= 0.6 is 0 Å². The highest BCUT2D eigenvalue weighted by Gasteiger charge is 2.18. The first-order chi connectivity index (χ1) is 10.5. The predicted octanol–water partition coefficient (Wildman–Crippen LogP) is 2.30. The second-order valence-corrected chi connectivity index (χ2v) is 4.39. The molecule has 1 aromatic carbocycles. The van der Waals surface area contributed by atoms with Gasteiger partial charge in [-0.15, -0.1) is 0 Å². The summed E-state index contributed by atoms with van der Waals surface area (Å²) in [7, 11) is 1.23. The minimum absolute atomic E-state index is 0.0984. The van der Waals surface area contributed by atoms with Crippen molar-refractivity contribution in [1.29, 1.82) is 0 Å². The molecular formula is C14H14N2O6. The number of esters is 1. The highest BCUT2D eigenvalue weighted by Crippen LogP contribution is 2.25. The number of ether oxygens (including phenoxy) is 2. The van der Waals surface area contributed by atoms with Crippen LogP contribution in [-0.4, -0.2) is 29.6 Å². The van der Waals surface area contributed by atoms with Gasteiger partial charge in [-0.25, -0.2) is 9.78 Å². The van der Waals surface area contributed by atoms with Crippen LogP contribution in [0, 0.1) is 17.0 Å². The SMILES string of the molecule is COC(=O)c1ccc([N+](=O)[O-])cc1OCCc1coc(C)n1. The molecule has 0 radical (unpaired) electrons. The molecule has 8 nitrogen and oxygen atoms in total. The zero-order valence-electron chi connectivity index (χ0n) is 12.1. The first-order valence-corrected chi connectivity index (χ1v) is 6.42. The van der Waals surface area contributed by atoms with Crippen LogP contribution in [0.1, 0.15) is 21.9 Å². The van der Waals surface area contributed by atoms with Gasteiger partial charge < -0.3 is 13.9 Å². The smallest absolute Gasteiger partial charge is 0.341 e. The number of nitro benzene ring substituents is 1. The van der Waals surface area contributed by atoms with Crippen molar-refractivity contribution in [2.75, 3.05) is 13.7 Å². The number of carbonyl (C=O) groups excluding carboxylic acids is 1. The zero-order chi connectivity index (χ0) is 16.1. The Balaban J connectivity index is 2.13. The van der Waals surface area contributed by atoms with Crippen molar-refractivity contribution in [3.8, 4) is 5.75 Å². The minimum Gasteiger partial charge on any atom is -0.492 e. The minimum atomic E-state index is -0.623. The van der Waals surface area contributed by atoms with Gasteiger partial charge in [0.2, 0.25) is 0 Å². The maximum absolute atomic E-state index is 11.7. The number of hydrogen-bond acceptors (Lipinski definition) is 7. The van der Waals surface area contributed by atoms with Crippen molar-refractivity contribution >= 4 is 11.7 Å². The quantitative estimate of drug-likeness (QED) is 0.458. The Kier molecular flexibility index (Phi) is 4.72. The van der Waals surface area contributed by atoms with Gasteiger partial charge >= 0.3 is 5.97 Å². The summed E-state index contributed by atoms with van der Waals surface area (Å²) in [6.45, 7) is 1.91. The lowest BCUT2D eigenvalue weighted by molar-refractivity contribution is -0.384. The summed E-state index contributed by atoms with van der Waals surface area (Å²) in [6, 6.07) is 3.72. The van der Waals surface area contributed by atoms with E-state index in [2.05, 4.69) is 9.72 Å². The Morgan fingerprint density at radius 1 is 1.45 bits per heavy atom. The van der Waals surface area contributed by atoms with Crippen LogP contribution < -0.4 is 4.74 Å². The van der Waals surface area contributed by atoms with E-state index in [1.165, 1.54) is 31.6 Å². The lowest BCUT2D eigenvalue weighted by atomic mass is 10.2. The summed E-state index contributed by atoms with van der Waals surface area (Å²) >= 11 is 0. The molecule has 0 amide bonds. The molecule has 0 bridgehead atoms. The predicted molar refractivity (Wildman–Crippen MR) is 74.9 cm³/mol. The molecule has 0 atom stereocenters. The highest BCUT2D eigenvalue weighted by atomic mass is 16.6. The van der Waals surface area contributed by atoms with E-state index in [4.69, 9.17) is 9.15 Å². The third kappa shape index (κ3) is 3.60. The Morgan fingerprint density at radius 3 is 2.82 bits per heavy atom. The van der Waals surface area contributed by atoms with E-state index < -0.39 is 10.9 Å². The van der Waals surface area contributed by atoms with Crippen LogP contribution in [-0.2, 0) is 11.2 Å². The fraction of sp³-hybridized carbons (Fsp3) is 0.286. The topological polar surface area (TPSA) is 105 Å². The molecule has 116 valence electrons. The zero-order valence-corrected chi connectivity index (χ0v) is 12.1. The van der Waals surface area contributed by atoms with Crippen molar-refractivity contribution in [3.05, 3.63) is 51.7 Å². The molecule has 22 heavy (non-hydrogen) atoms. The highest BCUT2D eigenvalue weighted by molar-refractivity contribution is 5.92. The normalized spacial score (nSPS) is 10.3. The molecule has 1 aromatic heterocycles. The van der Waals surface area contributed by atoms with Gasteiger partial charge in [-0.3, -0.25) is 10.1 Å². The van der Waals surface area contributed by atoms with Gasteiger partial charge in [-0.05, 0) is 6.07 Å². The molecule has 2 rings (SSSR count). The first kappa shape index (κ1) is 15.5. The molecule has 0 aliphatic rings. The van der Waals surface area contributed by atoms with Crippen molar-refractivity contribution in [1.82, 2.24) is 4.98 Å². The maximum Gasteiger partial charge on any atom is 0.341 e. The van der Waals surface area contributed by atoms with Gasteiger partial charge in [0.25, 0.3) is 5.69 Å². The van der Waals surface area contributed by atoms with Crippen LogP contribution in [0.15, 0.2) is 28.9 Å². The van der Waals surface area contributed by atoms with Crippen LogP contribution in [0.5, 0.6) is 5.75 Å². The third-order valence-corrected chi connectivity index (χ3v) is 2.86. The van der Waals surface area contributed by atoms with Gasteiger partial charge in [-0.2, -0.15) is 0 Å². The first-order valence-electron chi connectivity index (χ1n) is 6.42. The Hall–Kier alpha value is -2.90. The summed E-state index contributed by atoms with van der Waals surface area (Å²) in [5, 5.41) is 10.8. The molecule has 0 spiro atoms. The molecular weight excluding hydrogens is 292 g/mol. The van der Waals surface area contributed by atoms with Crippen molar-refractivity contribution in [2.24, 2.45) is 0 Å². The Labute approximate surface area is 125 Å². The number of methoxy groups -OCH3 is 1. The van der Waals surface area contributed by atoms with Crippen molar-refractivity contribution in [2.45, 2.75) is 13.3 Å². The molecule has 0 fully saturated rings. The number of aryl methyl sites for hydroxylation is 1. The monoisotopic (exact) mass is 306 g/mol. The standard InChI is InChI=1S/C14H14N2O6/c1-9-15-10(8-22-9)5-6-21-13-7-11(16(18)19)3-4-12(13)14(17)20-2/h3-4,7-8H,5-6H2,1-2H3. The summed E-state index contributed by atoms with van der Waals surface area (Å²) < 4.78 is 15.2. The van der Waals surface area contributed by atoms with Gasteiger partial charge in [0, 0.05) is 19.4 Å². The molecule has 2 aromatic rings. The van der Waals surface area contributed by atoms with E-state index in [0.717, 1.165) is 0 Å². The maximum atomic E-state index is 11.7. The molecule has 8 heteroatoms. The van der Waals surface area contributed by atoms with E-state index in [0.29, 0.717) is 18.0 Å². The number of aromatic nitrogens is 1. The molecule has 0 aliphatic carbocycles. The second kappa shape index (κ2) is 6.70. The number of carbonyl (C=O) groups is 1. The Bertz CT molecular complexity index is 694. The van der Waals surface area contributed by atoms with Crippen molar-refractivity contribution < 1.29 is 23.6 Å². The lowest BCUT2D eigenvalue weighted by Gasteiger charge is -2.09. The van der Waals surface area contributed by atoms with E-state index in [9.17, 15) is 14.9 Å². The van der Waals surface area contributed by atoms with Crippen LogP contribution in [0.2, 0.25) is 0 Å². The molecule has 0 aliphatic heterocycles. The molecule has 1 heterocycles. The van der Waals surface area contributed by atoms with Crippen LogP contribution in [0.3, 0.4) is 0 Å². The molecule has 0 unspecified atom stereocenters. The van der Waals surface area contributed by atoms with E-state index in [1.54, 1.807) is 6.92 Å². The van der Waals surface area contributed by atoms with Gasteiger partial charge in [0.05, 0.1) is 30.4 Å². The lowest BCUT2D eigenvalue weighted by Crippen LogP contribution is -2.08. The Morgan fingerprint density at radius 2 is 2.23 bits per heavy atom. The number of nitro groups is 1. The van der Waals surface area contributed by atoms with E-state index in [-0.39, 0.29) is 23.6 Å². The van der Waals surface area contributed by atoms with E-state index in [1.807, 2.05) is 0 Å². The summed E-state index contributed by atoms with van der Waals surface area (Å²) in [5.41, 5.74) is 0.659. The number of oxazole rings is 1. The van der Waals surface area contributed by atoms with Gasteiger partial charge in [-0.1, -0.05) is 0 Å². The molecule has 0 saturated heterocycles. The number of rotatable bonds is 6. The van der Waals surface area contributed by atoms with Gasteiger partial charge in [0.15, 0.2) is 5.89 Å². The van der Waals surface area contributed by atoms with Crippen LogP contribution in [0.25, 0.3) is 0 Å². The van der Waals surface area contributed by atoms with Crippen LogP contribution in [0.4, 0.5) is 5.69 Å². The van der Waals surface area contributed by atoms with Crippen molar-refractivity contribution in [3.63, 3.8) is 0 Å². The number of hydrogen-bond donors (Lipinski definition) is 0. The average Bonchev–Trinajstić information content (AvgIpc) is 2.91. The molecule has 0 saturated carbocycles. The summed E-state index contributed by atoms with van der Waals surface area (Å²) in [6.07, 6.45) is 1.95. The largest absolute Gasteiger partial charge is 0.492 e. The number of non-ortho nitro benzene ring substituents is 1. The number of benzene rings is 1. The summed E-state index contributed by atoms with van der Waals surface area (Å²) in [5.74, 6) is 0.0176. The fourth-order valence-electron chi connectivity index (χ4n) is 1.81. The number of nitrogens with zero attached hydrogens (tertiary/aromatic N) is 2. The van der Waals surface area contributed by atoms with E-state index >= 15 is 0 Å². The fourth-order valence-corrected chi connectivity index (χ4v) is 1.81.